The quantitative estimate of drug-likeness (QED) is 0.527. The summed E-state index contributed by atoms with van der Waals surface area (Å²) in [4.78, 5) is 23.7. The third kappa shape index (κ3) is 8.24. The van der Waals surface area contributed by atoms with Crippen LogP contribution in [0.5, 0.6) is 0 Å². The van der Waals surface area contributed by atoms with Crippen molar-refractivity contribution in [2.75, 3.05) is 13.2 Å². The highest BCUT2D eigenvalue weighted by atomic mass is 16.5. The Morgan fingerprint density at radius 2 is 1.83 bits per heavy atom. The Bertz CT molecular complexity index is 461. The van der Waals surface area contributed by atoms with Gasteiger partial charge in [-0.25, -0.2) is 4.79 Å². The molecule has 0 aliphatic carbocycles. The van der Waals surface area contributed by atoms with E-state index in [1.807, 2.05) is 30.3 Å². The third-order valence-electron chi connectivity index (χ3n) is 3.48. The molecule has 23 heavy (non-hydrogen) atoms. The van der Waals surface area contributed by atoms with E-state index in [1.54, 1.807) is 6.92 Å². The summed E-state index contributed by atoms with van der Waals surface area (Å²) in [5.74, 6) is -0.572. The molecule has 0 aliphatic heterocycles. The molecule has 0 saturated carbocycles. The lowest BCUT2D eigenvalue weighted by molar-refractivity contribution is -0.148. The minimum Gasteiger partial charge on any atom is -0.466 e. The molecule has 5 nitrogen and oxygen atoms in total. The van der Waals surface area contributed by atoms with Gasteiger partial charge in [-0.1, -0.05) is 56.5 Å². The Morgan fingerprint density at radius 1 is 1.09 bits per heavy atom. The highest BCUT2D eigenvalue weighted by molar-refractivity contribution is 5.74. The van der Waals surface area contributed by atoms with Crippen molar-refractivity contribution >= 4 is 12.1 Å². The van der Waals surface area contributed by atoms with E-state index in [4.69, 9.17) is 9.47 Å². The number of alkyl carbamates (subject to hydrolysis) is 1. The Labute approximate surface area is 138 Å². The van der Waals surface area contributed by atoms with Gasteiger partial charge in [-0.2, -0.15) is 0 Å². The van der Waals surface area contributed by atoms with Gasteiger partial charge < -0.3 is 14.8 Å². The fourth-order valence-electron chi connectivity index (χ4n) is 2.18. The van der Waals surface area contributed by atoms with Crippen LogP contribution in [0.3, 0.4) is 0 Å². The second kappa shape index (κ2) is 11.5. The van der Waals surface area contributed by atoms with Crippen LogP contribution in [0.4, 0.5) is 4.79 Å². The van der Waals surface area contributed by atoms with E-state index < -0.39 is 6.09 Å². The summed E-state index contributed by atoms with van der Waals surface area (Å²) >= 11 is 0. The van der Waals surface area contributed by atoms with Crippen LogP contribution in [0.2, 0.25) is 0 Å². The van der Waals surface area contributed by atoms with Crippen molar-refractivity contribution in [3.63, 3.8) is 0 Å². The molecule has 0 radical (unpaired) electrons. The van der Waals surface area contributed by atoms with Crippen LogP contribution < -0.4 is 5.32 Å². The Balaban J connectivity index is 2.36. The molecule has 1 N–H and O–H groups in total. The van der Waals surface area contributed by atoms with Gasteiger partial charge in [0, 0.05) is 6.54 Å². The van der Waals surface area contributed by atoms with Crippen LogP contribution in [0.1, 0.15) is 45.1 Å². The molecule has 0 spiro atoms. The summed E-state index contributed by atoms with van der Waals surface area (Å²) in [5.41, 5.74) is 0.924. The van der Waals surface area contributed by atoms with Crippen molar-refractivity contribution in [2.24, 2.45) is 5.92 Å². The van der Waals surface area contributed by atoms with Crippen LogP contribution in [0, 0.1) is 5.92 Å². The van der Waals surface area contributed by atoms with E-state index in [9.17, 15) is 9.59 Å². The summed E-state index contributed by atoms with van der Waals surface area (Å²) in [6.45, 7) is 4.70. The van der Waals surface area contributed by atoms with E-state index in [0.717, 1.165) is 24.8 Å². The lowest BCUT2D eigenvalue weighted by Crippen LogP contribution is -2.34. The minimum absolute atomic E-state index is 0.215. The lowest BCUT2D eigenvalue weighted by Gasteiger charge is -2.16. The van der Waals surface area contributed by atoms with Gasteiger partial charge in [0.25, 0.3) is 0 Å². The van der Waals surface area contributed by atoms with Crippen molar-refractivity contribution in [3.8, 4) is 0 Å². The molecule has 1 aromatic carbocycles. The number of rotatable bonds is 10. The zero-order chi connectivity index (χ0) is 16.9. The maximum Gasteiger partial charge on any atom is 0.407 e. The monoisotopic (exact) mass is 321 g/mol. The van der Waals surface area contributed by atoms with Gasteiger partial charge in [-0.15, -0.1) is 0 Å². The number of hydrogen-bond acceptors (Lipinski definition) is 4. The first-order chi connectivity index (χ1) is 11.2. The van der Waals surface area contributed by atoms with Gasteiger partial charge in [0.1, 0.15) is 6.61 Å². The number of benzene rings is 1. The van der Waals surface area contributed by atoms with E-state index in [0.29, 0.717) is 13.0 Å². The standard InChI is InChI=1S/C18H27NO4/c1-3-5-7-12-16(17(20)22-4-2)13-19-18(21)23-14-15-10-8-6-9-11-15/h6,8-11,16H,3-5,7,12-14H2,1-2H3,(H,19,21). The maximum absolute atomic E-state index is 11.9. The Kier molecular flexibility index (Phi) is 9.52. The van der Waals surface area contributed by atoms with Crippen molar-refractivity contribution in [1.82, 2.24) is 5.32 Å². The molecule has 0 aliphatic rings. The SMILES string of the molecule is CCCCCC(CNC(=O)OCc1ccccc1)C(=O)OCC. The lowest BCUT2D eigenvalue weighted by atomic mass is 10.0. The van der Waals surface area contributed by atoms with Gasteiger partial charge in [0.05, 0.1) is 12.5 Å². The summed E-state index contributed by atoms with van der Waals surface area (Å²) in [6.07, 6.45) is 3.29. The summed E-state index contributed by atoms with van der Waals surface area (Å²) in [5, 5.41) is 2.66. The van der Waals surface area contributed by atoms with Crippen molar-refractivity contribution in [2.45, 2.75) is 46.1 Å². The van der Waals surface area contributed by atoms with E-state index in [2.05, 4.69) is 12.2 Å². The molecule has 0 bridgehead atoms. The third-order valence-corrected chi connectivity index (χ3v) is 3.48. The van der Waals surface area contributed by atoms with Gasteiger partial charge in [0.15, 0.2) is 0 Å². The van der Waals surface area contributed by atoms with Crippen molar-refractivity contribution < 1.29 is 19.1 Å². The maximum atomic E-state index is 11.9. The van der Waals surface area contributed by atoms with Crippen LogP contribution >= 0.6 is 0 Å². The van der Waals surface area contributed by atoms with Gasteiger partial charge >= 0.3 is 12.1 Å². The molecular weight excluding hydrogens is 294 g/mol. The predicted molar refractivity (Wildman–Crippen MR) is 88.9 cm³/mol. The van der Waals surface area contributed by atoms with Crippen LogP contribution in [-0.4, -0.2) is 25.2 Å². The fraction of sp³-hybridized carbons (Fsp3) is 0.556. The second-order valence-electron chi connectivity index (χ2n) is 5.39. The predicted octanol–water partition coefficient (Wildman–Crippen LogP) is 3.67. The van der Waals surface area contributed by atoms with E-state index in [-0.39, 0.29) is 25.0 Å². The molecule has 1 rings (SSSR count). The first-order valence-corrected chi connectivity index (χ1v) is 8.28. The van der Waals surface area contributed by atoms with E-state index in [1.165, 1.54) is 0 Å². The molecule has 128 valence electrons. The smallest absolute Gasteiger partial charge is 0.407 e. The summed E-state index contributed by atoms with van der Waals surface area (Å²) < 4.78 is 10.2. The summed E-state index contributed by atoms with van der Waals surface area (Å²) in [7, 11) is 0. The number of amides is 1. The molecule has 1 unspecified atom stereocenters. The Morgan fingerprint density at radius 3 is 2.48 bits per heavy atom. The van der Waals surface area contributed by atoms with Gasteiger partial charge in [-0.3, -0.25) is 4.79 Å². The first kappa shape index (κ1) is 19.0. The molecule has 5 heteroatoms. The zero-order valence-electron chi connectivity index (χ0n) is 14.0. The number of hydrogen-bond donors (Lipinski definition) is 1. The normalized spacial score (nSPS) is 11.6. The minimum atomic E-state index is -0.515. The number of nitrogens with one attached hydrogen (secondary N) is 1. The Hall–Kier alpha value is -2.04. The largest absolute Gasteiger partial charge is 0.466 e. The molecule has 1 atom stereocenters. The second-order valence-corrected chi connectivity index (χ2v) is 5.39. The highest BCUT2D eigenvalue weighted by Gasteiger charge is 2.20. The average molecular weight is 321 g/mol. The van der Waals surface area contributed by atoms with Crippen LogP contribution in [-0.2, 0) is 20.9 Å². The number of esters is 1. The molecule has 0 saturated heterocycles. The van der Waals surface area contributed by atoms with E-state index >= 15 is 0 Å². The topological polar surface area (TPSA) is 64.6 Å². The molecule has 1 aromatic rings. The fourth-order valence-corrected chi connectivity index (χ4v) is 2.18. The molecule has 1 amide bonds. The number of ether oxygens (including phenoxy) is 2. The van der Waals surface area contributed by atoms with Gasteiger partial charge in [-0.05, 0) is 18.9 Å². The summed E-state index contributed by atoms with van der Waals surface area (Å²) in [6, 6.07) is 9.46. The van der Waals surface area contributed by atoms with Crippen molar-refractivity contribution in [1.29, 1.82) is 0 Å². The van der Waals surface area contributed by atoms with Crippen LogP contribution in [0.25, 0.3) is 0 Å². The number of carbonyl (C=O) groups is 2. The molecule has 0 aromatic heterocycles. The molecule has 0 fully saturated rings. The van der Waals surface area contributed by atoms with Crippen LogP contribution in [0.15, 0.2) is 30.3 Å². The zero-order valence-corrected chi connectivity index (χ0v) is 14.0. The number of carbonyl (C=O) groups excluding carboxylic acids is 2. The molecular formula is C18H27NO4. The molecule has 0 heterocycles. The average Bonchev–Trinajstić information content (AvgIpc) is 2.57. The van der Waals surface area contributed by atoms with Crippen molar-refractivity contribution in [3.05, 3.63) is 35.9 Å². The van der Waals surface area contributed by atoms with Gasteiger partial charge in [0.2, 0.25) is 0 Å². The number of unbranched alkanes of at least 4 members (excludes halogenated alkanes) is 2. The first-order valence-electron chi connectivity index (χ1n) is 8.28. The highest BCUT2D eigenvalue weighted by Crippen LogP contribution is 2.11.